The highest BCUT2D eigenvalue weighted by atomic mass is 14.9. The lowest BCUT2D eigenvalue weighted by atomic mass is 10.0. The van der Waals surface area contributed by atoms with Crippen LogP contribution in [0.1, 0.15) is 11.1 Å². The molecule has 1 nitrogen and oxygen atoms in total. The van der Waals surface area contributed by atoms with Crippen molar-refractivity contribution < 1.29 is 0 Å². The fourth-order valence-electron chi connectivity index (χ4n) is 1.40. The maximum absolute atomic E-state index is 3.79. The first kappa shape index (κ1) is 10.0. The summed E-state index contributed by atoms with van der Waals surface area (Å²) in [6.07, 6.45) is 2.96. The molecule has 0 heterocycles. The molecule has 1 unspecified atom stereocenters. The Morgan fingerprint density at radius 3 is 2.85 bits per heavy atom. The van der Waals surface area contributed by atoms with Crippen LogP contribution in [0, 0.1) is 6.92 Å². The van der Waals surface area contributed by atoms with Crippen LogP contribution in [0.5, 0.6) is 0 Å². The molecule has 70 valence electrons. The molecule has 0 aliphatic rings. The fraction of sp³-hybridized carbons (Fsp3) is 0.333. The molecular formula is C12H17N. The van der Waals surface area contributed by atoms with Crippen molar-refractivity contribution in [1.82, 2.24) is 5.32 Å². The Balaban J connectivity index is 2.67. The number of nitrogens with one attached hydrogen (secondary N) is 1. The molecule has 1 aromatic carbocycles. The Bertz CT molecular complexity index is 278. The normalized spacial score (nSPS) is 12.5. The van der Waals surface area contributed by atoms with Crippen molar-refractivity contribution in [1.29, 1.82) is 0 Å². The van der Waals surface area contributed by atoms with Crippen LogP contribution >= 0.6 is 0 Å². The smallest absolute Gasteiger partial charge is 0.0285 e. The van der Waals surface area contributed by atoms with Crippen molar-refractivity contribution in [2.24, 2.45) is 0 Å². The summed E-state index contributed by atoms with van der Waals surface area (Å²) in [4.78, 5) is 0. The standard InChI is InChI=1S/C12H17N/c1-4-12(13-3)9-11-7-5-6-10(2)8-11/h4-8,12-13H,1,9H2,2-3H3. The lowest BCUT2D eigenvalue weighted by Crippen LogP contribution is -2.24. The minimum atomic E-state index is 0.377. The fourth-order valence-corrected chi connectivity index (χ4v) is 1.40. The van der Waals surface area contributed by atoms with Gasteiger partial charge in [-0.1, -0.05) is 35.9 Å². The van der Waals surface area contributed by atoms with Crippen LogP contribution in [0.15, 0.2) is 36.9 Å². The summed E-state index contributed by atoms with van der Waals surface area (Å²) in [5, 5.41) is 3.20. The summed E-state index contributed by atoms with van der Waals surface area (Å²) < 4.78 is 0. The lowest BCUT2D eigenvalue weighted by molar-refractivity contribution is 0.665. The van der Waals surface area contributed by atoms with Gasteiger partial charge in [0, 0.05) is 6.04 Å². The monoisotopic (exact) mass is 175 g/mol. The van der Waals surface area contributed by atoms with E-state index in [1.807, 2.05) is 13.1 Å². The molecule has 0 radical (unpaired) electrons. The summed E-state index contributed by atoms with van der Waals surface area (Å²) >= 11 is 0. The number of hydrogen-bond acceptors (Lipinski definition) is 1. The predicted molar refractivity (Wildman–Crippen MR) is 57.9 cm³/mol. The number of likely N-dealkylation sites (N-methyl/N-ethyl adjacent to an activating group) is 1. The molecule has 0 fully saturated rings. The molecule has 0 aliphatic carbocycles. The zero-order chi connectivity index (χ0) is 9.68. The van der Waals surface area contributed by atoms with Crippen LogP contribution in [-0.4, -0.2) is 13.1 Å². The third-order valence-corrected chi connectivity index (χ3v) is 2.19. The van der Waals surface area contributed by atoms with Gasteiger partial charge in [-0.25, -0.2) is 0 Å². The van der Waals surface area contributed by atoms with E-state index in [1.54, 1.807) is 0 Å². The Morgan fingerprint density at radius 1 is 1.54 bits per heavy atom. The van der Waals surface area contributed by atoms with E-state index in [1.165, 1.54) is 11.1 Å². The summed E-state index contributed by atoms with van der Waals surface area (Å²) in [5.74, 6) is 0. The van der Waals surface area contributed by atoms with Gasteiger partial charge in [-0.15, -0.1) is 6.58 Å². The van der Waals surface area contributed by atoms with E-state index in [0.29, 0.717) is 6.04 Å². The third kappa shape index (κ3) is 3.03. The molecule has 1 aromatic rings. The van der Waals surface area contributed by atoms with Crippen molar-refractivity contribution >= 4 is 0 Å². The summed E-state index contributed by atoms with van der Waals surface area (Å²) in [5.41, 5.74) is 2.68. The second-order valence-electron chi connectivity index (χ2n) is 3.32. The van der Waals surface area contributed by atoms with Crippen LogP contribution in [0.25, 0.3) is 0 Å². The van der Waals surface area contributed by atoms with E-state index in [9.17, 15) is 0 Å². The summed E-state index contributed by atoms with van der Waals surface area (Å²) in [7, 11) is 1.96. The van der Waals surface area contributed by atoms with Crippen LogP contribution in [0.3, 0.4) is 0 Å². The average molecular weight is 175 g/mol. The van der Waals surface area contributed by atoms with Crippen molar-refractivity contribution in [3.05, 3.63) is 48.0 Å². The molecule has 13 heavy (non-hydrogen) atoms. The zero-order valence-corrected chi connectivity index (χ0v) is 8.38. The molecule has 0 aliphatic heterocycles. The molecule has 0 bridgehead atoms. The third-order valence-electron chi connectivity index (χ3n) is 2.19. The highest BCUT2D eigenvalue weighted by Crippen LogP contribution is 2.06. The van der Waals surface area contributed by atoms with Gasteiger partial charge in [0.1, 0.15) is 0 Å². The lowest BCUT2D eigenvalue weighted by Gasteiger charge is -2.11. The number of hydrogen-bond donors (Lipinski definition) is 1. The summed E-state index contributed by atoms with van der Waals surface area (Å²) in [6, 6.07) is 8.96. The highest BCUT2D eigenvalue weighted by molar-refractivity contribution is 5.23. The van der Waals surface area contributed by atoms with Crippen LogP contribution in [0.2, 0.25) is 0 Å². The number of benzene rings is 1. The van der Waals surface area contributed by atoms with E-state index in [0.717, 1.165) is 6.42 Å². The predicted octanol–water partition coefficient (Wildman–Crippen LogP) is 2.31. The van der Waals surface area contributed by atoms with Crippen molar-refractivity contribution in [3.63, 3.8) is 0 Å². The molecular weight excluding hydrogens is 158 g/mol. The van der Waals surface area contributed by atoms with Gasteiger partial charge < -0.3 is 5.32 Å². The van der Waals surface area contributed by atoms with E-state index in [2.05, 4.69) is 43.1 Å². The Labute approximate surface area is 80.5 Å². The molecule has 0 saturated carbocycles. The van der Waals surface area contributed by atoms with Gasteiger partial charge in [-0.3, -0.25) is 0 Å². The number of aryl methyl sites for hydroxylation is 1. The molecule has 1 heteroatoms. The quantitative estimate of drug-likeness (QED) is 0.692. The molecule has 0 spiro atoms. The van der Waals surface area contributed by atoms with Crippen molar-refractivity contribution in [2.45, 2.75) is 19.4 Å². The summed E-state index contributed by atoms with van der Waals surface area (Å²) in [6.45, 7) is 5.90. The van der Waals surface area contributed by atoms with Crippen LogP contribution in [0.4, 0.5) is 0 Å². The van der Waals surface area contributed by atoms with Gasteiger partial charge in [0.15, 0.2) is 0 Å². The maximum atomic E-state index is 3.79. The largest absolute Gasteiger partial charge is 0.313 e. The minimum Gasteiger partial charge on any atom is -0.313 e. The van der Waals surface area contributed by atoms with E-state index in [-0.39, 0.29) is 0 Å². The van der Waals surface area contributed by atoms with Crippen molar-refractivity contribution in [3.8, 4) is 0 Å². The maximum Gasteiger partial charge on any atom is 0.0285 e. The molecule has 1 atom stereocenters. The van der Waals surface area contributed by atoms with Gasteiger partial charge in [-0.2, -0.15) is 0 Å². The van der Waals surface area contributed by atoms with Crippen molar-refractivity contribution in [2.75, 3.05) is 7.05 Å². The first-order chi connectivity index (χ1) is 6.26. The molecule has 1 rings (SSSR count). The molecule has 0 saturated heterocycles. The van der Waals surface area contributed by atoms with Gasteiger partial charge in [0.25, 0.3) is 0 Å². The first-order valence-corrected chi connectivity index (χ1v) is 4.61. The molecule has 0 aromatic heterocycles. The molecule has 0 amide bonds. The minimum absolute atomic E-state index is 0.377. The highest BCUT2D eigenvalue weighted by Gasteiger charge is 2.01. The van der Waals surface area contributed by atoms with Crippen LogP contribution in [-0.2, 0) is 6.42 Å². The Kier molecular flexibility index (Phi) is 3.71. The van der Waals surface area contributed by atoms with Crippen LogP contribution < -0.4 is 5.32 Å². The second-order valence-corrected chi connectivity index (χ2v) is 3.32. The molecule has 1 N–H and O–H groups in total. The van der Waals surface area contributed by atoms with Gasteiger partial charge in [0.2, 0.25) is 0 Å². The Hall–Kier alpha value is -1.08. The van der Waals surface area contributed by atoms with Gasteiger partial charge in [0.05, 0.1) is 0 Å². The van der Waals surface area contributed by atoms with E-state index >= 15 is 0 Å². The Morgan fingerprint density at radius 2 is 2.31 bits per heavy atom. The van der Waals surface area contributed by atoms with E-state index < -0.39 is 0 Å². The second kappa shape index (κ2) is 4.83. The topological polar surface area (TPSA) is 12.0 Å². The average Bonchev–Trinajstić information content (AvgIpc) is 2.14. The zero-order valence-electron chi connectivity index (χ0n) is 8.38. The van der Waals surface area contributed by atoms with E-state index in [4.69, 9.17) is 0 Å². The first-order valence-electron chi connectivity index (χ1n) is 4.61. The number of rotatable bonds is 4. The SMILES string of the molecule is C=CC(Cc1cccc(C)c1)NC. The van der Waals surface area contributed by atoms with Gasteiger partial charge >= 0.3 is 0 Å². The van der Waals surface area contributed by atoms with Gasteiger partial charge in [-0.05, 0) is 26.0 Å².